The summed E-state index contributed by atoms with van der Waals surface area (Å²) in [6.07, 6.45) is -4.65. The number of fused-ring (bicyclic) bond motifs is 1. The summed E-state index contributed by atoms with van der Waals surface area (Å²) in [5, 5.41) is 8.50. The number of methoxy groups -OCH3 is 1. The quantitative estimate of drug-likeness (QED) is 0.570. The van der Waals surface area contributed by atoms with E-state index < -0.39 is 17.8 Å². The minimum atomic E-state index is -4.46. The molecule has 1 aliphatic heterocycles. The first-order chi connectivity index (χ1) is 17.0. The molecule has 8 nitrogen and oxygen atoms in total. The molecule has 1 aliphatic rings. The molecule has 0 saturated heterocycles. The second kappa shape index (κ2) is 11.6. The number of amides is 3. The van der Waals surface area contributed by atoms with E-state index in [-0.39, 0.29) is 35.2 Å². The minimum Gasteiger partial charge on any atom is -0.491 e. The number of hydrogen-bond donors (Lipinski definition) is 3. The van der Waals surface area contributed by atoms with Crippen molar-refractivity contribution in [1.29, 1.82) is 0 Å². The molecule has 3 N–H and O–H groups in total. The van der Waals surface area contributed by atoms with Gasteiger partial charge in [0.2, 0.25) is 0 Å². The fourth-order valence-corrected chi connectivity index (χ4v) is 3.77. The van der Waals surface area contributed by atoms with Gasteiger partial charge in [-0.05, 0) is 55.3 Å². The number of nitrogens with zero attached hydrogens (tertiary/aromatic N) is 1. The van der Waals surface area contributed by atoms with E-state index in [0.717, 1.165) is 24.3 Å². The first-order valence-corrected chi connectivity index (χ1v) is 11.5. The van der Waals surface area contributed by atoms with E-state index in [1.807, 2.05) is 13.8 Å². The number of likely N-dealkylation sites (N-methyl/N-ethyl adjacent to an activating group) is 1. The van der Waals surface area contributed by atoms with Crippen LogP contribution in [-0.4, -0.2) is 62.8 Å². The maximum Gasteiger partial charge on any atom is 0.416 e. The van der Waals surface area contributed by atoms with Gasteiger partial charge in [0.1, 0.15) is 12.4 Å². The highest BCUT2D eigenvalue weighted by Gasteiger charge is 2.30. The van der Waals surface area contributed by atoms with Crippen LogP contribution in [0.25, 0.3) is 0 Å². The normalized spacial score (nSPS) is 21.5. The summed E-state index contributed by atoms with van der Waals surface area (Å²) in [5.41, 5.74) is -0.0451. The third kappa shape index (κ3) is 7.11. The number of anilines is 2. The zero-order chi connectivity index (χ0) is 26.5. The van der Waals surface area contributed by atoms with Crippen LogP contribution in [0.1, 0.15) is 29.8 Å². The van der Waals surface area contributed by atoms with Gasteiger partial charge in [-0.2, -0.15) is 13.2 Å². The van der Waals surface area contributed by atoms with Crippen LogP contribution >= 0.6 is 0 Å². The SMILES string of the molecule is CO[C@H]1CN(C)C(=O)c2cc(NC(=O)Nc3ccc(C(F)(F)F)cc3)ccc2OC[C@H](C)NC[C@@H]1C. The average molecular weight is 509 g/mol. The second-order valence-corrected chi connectivity index (χ2v) is 8.92. The maximum absolute atomic E-state index is 13.3. The van der Waals surface area contributed by atoms with Crippen molar-refractivity contribution in [2.45, 2.75) is 32.2 Å². The molecule has 0 aliphatic carbocycles. The average Bonchev–Trinajstić information content (AvgIpc) is 2.83. The molecule has 0 radical (unpaired) electrons. The Morgan fingerprint density at radius 3 is 2.39 bits per heavy atom. The Morgan fingerprint density at radius 2 is 1.75 bits per heavy atom. The summed E-state index contributed by atoms with van der Waals surface area (Å²) in [4.78, 5) is 27.3. The van der Waals surface area contributed by atoms with Crippen molar-refractivity contribution < 1.29 is 32.2 Å². The van der Waals surface area contributed by atoms with E-state index in [1.165, 1.54) is 6.07 Å². The molecule has 0 unspecified atom stereocenters. The van der Waals surface area contributed by atoms with Crippen LogP contribution in [0.5, 0.6) is 5.75 Å². The van der Waals surface area contributed by atoms with Crippen molar-refractivity contribution in [3.63, 3.8) is 0 Å². The molecule has 196 valence electrons. The molecule has 0 spiro atoms. The van der Waals surface area contributed by atoms with E-state index in [4.69, 9.17) is 9.47 Å². The lowest BCUT2D eigenvalue weighted by Crippen LogP contribution is -2.44. The number of halogens is 3. The number of hydrogen-bond acceptors (Lipinski definition) is 5. The van der Waals surface area contributed by atoms with Gasteiger partial charge >= 0.3 is 12.2 Å². The summed E-state index contributed by atoms with van der Waals surface area (Å²) in [6, 6.07) is 8.14. The van der Waals surface area contributed by atoms with E-state index in [0.29, 0.717) is 31.1 Å². The molecule has 3 rings (SSSR count). The zero-order valence-corrected chi connectivity index (χ0v) is 20.6. The first-order valence-electron chi connectivity index (χ1n) is 11.5. The van der Waals surface area contributed by atoms with Gasteiger partial charge in [0.15, 0.2) is 0 Å². The van der Waals surface area contributed by atoms with Crippen LogP contribution in [0.2, 0.25) is 0 Å². The van der Waals surface area contributed by atoms with Crippen molar-refractivity contribution in [3.8, 4) is 5.75 Å². The largest absolute Gasteiger partial charge is 0.491 e. The molecule has 2 aromatic rings. The van der Waals surface area contributed by atoms with Gasteiger partial charge in [0, 0.05) is 44.7 Å². The Morgan fingerprint density at radius 1 is 1.11 bits per heavy atom. The predicted octanol–water partition coefficient (Wildman–Crippen LogP) is 4.44. The smallest absolute Gasteiger partial charge is 0.416 e. The minimum absolute atomic E-state index is 0.0253. The van der Waals surface area contributed by atoms with Crippen molar-refractivity contribution >= 4 is 23.3 Å². The van der Waals surface area contributed by atoms with Gasteiger partial charge < -0.3 is 30.3 Å². The molecular weight excluding hydrogens is 477 g/mol. The third-order valence-corrected chi connectivity index (χ3v) is 5.95. The van der Waals surface area contributed by atoms with Gasteiger partial charge in [0.25, 0.3) is 5.91 Å². The molecule has 0 aromatic heterocycles. The van der Waals surface area contributed by atoms with Gasteiger partial charge in [0.05, 0.1) is 17.2 Å². The summed E-state index contributed by atoms with van der Waals surface area (Å²) in [7, 11) is 3.28. The van der Waals surface area contributed by atoms with Crippen LogP contribution in [0, 0.1) is 5.92 Å². The molecular formula is C25H31F3N4O4. The topological polar surface area (TPSA) is 91.9 Å². The van der Waals surface area contributed by atoms with Crippen molar-refractivity contribution in [2.24, 2.45) is 5.92 Å². The summed E-state index contributed by atoms with van der Waals surface area (Å²) < 4.78 is 49.8. The lowest BCUT2D eigenvalue weighted by Gasteiger charge is -2.30. The van der Waals surface area contributed by atoms with E-state index in [2.05, 4.69) is 16.0 Å². The highest BCUT2D eigenvalue weighted by molar-refractivity contribution is 6.02. The molecule has 1 heterocycles. The van der Waals surface area contributed by atoms with Crippen molar-refractivity contribution in [1.82, 2.24) is 10.2 Å². The molecule has 0 fully saturated rings. The number of alkyl halides is 3. The number of ether oxygens (including phenoxy) is 2. The number of carbonyl (C=O) groups excluding carboxylic acids is 2. The van der Waals surface area contributed by atoms with Crippen molar-refractivity contribution in [3.05, 3.63) is 53.6 Å². The van der Waals surface area contributed by atoms with Crippen LogP contribution in [-0.2, 0) is 10.9 Å². The van der Waals surface area contributed by atoms with Gasteiger partial charge in [-0.1, -0.05) is 6.92 Å². The maximum atomic E-state index is 13.3. The molecule has 11 heteroatoms. The first kappa shape index (κ1) is 27.3. The lowest BCUT2D eigenvalue weighted by molar-refractivity contribution is -0.137. The summed E-state index contributed by atoms with van der Waals surface area (Å²) in [6.45, 7) is 5.42. The summed E-state index contributed by atoms with van der Waals surface area (Å²) >= 11 is 0. The second-order valence-electron chi connectivity index (χ2n) is 8.92. The fourth-order valence-electron chi connectivity index (χ4n) is 3.77. The van der Waals surface area contributed by atoms with Crippen LogP contribution in [0.4, 0.5) is 29.3 Å². The Balaban J connectivity index is 1.78. The van der Waals surface area contributed by atoms with Crippen LogP contribution in [0.3, 0.4) is 0 Å². The molecule has 36 heavy (non-hydrogen) atoms. The molecule has 0 saturated carbocycles. The van der Waals surface area contributed by atoms with Crippen LogP contribution in [0.15, 0.2) is 42.5 Å². The highest BCUT2D eigenvalue weighted by atomic mass is 19.4. The Kier molecular flexibility index (Phi) is 8.80. The van der Waals surface area contributed by atoms with Gasteiger partial charge in [-0.25, -0.2) is 4.79 Å². The van der Waals surface area contributed by atoms with E-state index in [1.54, 1.807) is 31.2 Å². The third-order valence-electron chi connectivity index (χ3n) is 5.95. The molecule has 2 aromatic carbocycles. The van der Waals surface area contributed by atoms with Crippen molar-refractivity contribution in [2.75, 3.05) is 44.5 Å². The fraction of sp³-hybridized carbons (Fsp3) is 0.440. The van der Waals surface area contributed by atoms with Gasteiger partial charge in [-0.15, -0.1) is 0 Å². The Bertz CT molecular complexity index is 1060. The Hall–Kier alpha value is -3.31. The number of benzene rings is 2. The summed E-state index contributed by atoms with van der Waals surface area (Å²) in [5.74, 6) is 0.220. The number of carbonyl (C=O) groups is 2. The zero-order valence-electron chi connectivity index (χ0n) is 20.6. The predicted molar refractivity (Wildman–Crippen MR) is 130 cm³/mol. The number of nitrogens with one attached hydrogen (secondary N) is 3. The molecule has 0 bridgehead atoms. The lowest BCUT2D eigenvalue weighted by atomic mass is 10.0. The standard InChI is InChI=1S/C25H31F3N4O4/c1-15-12-29-16(2)14-36-21-10-9-19(11-20(21)23(33)32(3)13-22(15)35-4)31-24(34)30-18-7-5-17(6-8-18)25(26,27)28/h5-11,15-16,22,29H,12-14H2,1-4H3,(H2,30,31,34)/t15-,16-,22-/m0/s1. The molecule has 3 amide bonds. The van der Waals surface area contributed by atoms with Gasteiger partial charge in [-0.3, -0.25) is 4.79 Å². The van der Waals surface area contributed by atoms with E-state index in [9.17, 15) is 22.8 Å². The highest BCUT2D eigenvalue weighted by Crippen LogP contribution is 2.30. The van der Waals surface area contributed by atoms with Crippen LogP contribution < -0.4 is 20.7 Å². The monoisotopic (exact) mass is 508 g/mol. The Labute approximate surface area is 208 Å². The van der Waals surface area contributed by atoms with E-state index >= 15 is 0 Å². The molecule has 3 atom stereocenters. The number of rotatable bonds is 3. The number of urea groups is 1.